The zero-order valence-corrected chi connectivity index (χ0v) is 9.62. The smallest absolute Gasteiger partial charge is 0.0733 e. The Balaban J connectivity index is 2.66. The van der Waals surface area contributed by atoms with Gasteiger partial charge >= 0.3 is 0 Å². The third-order valence-electron chi connectivity index (χ3n) is 2.14. The average molecular weight is 209 g/mol. The zero-order chi connectivity index (χ0) is 11.1. The molecule has 0 heterocycles. The van der Waals surface area contributed by atoms with Crippen molar-refractivity contribution in [2.45, 2.75) is 19.6 Å². The van der Waals surface area contributed by atoms with E-state index in [0.717, 1.165) is 5.69 Å². The molecule has 0 saturated heterocycles. The summed E-state index contributed by atoms with van der Waals surface area (Å²) in [6.07, 6.45) is 0. The second-order valence-electron chi connectivity index (χ2n) is 3.59. The summed E-state index contributed by atoms with van der Waals surface area (Å²) in [6, 6.07) is 8.45. The molecule has 1 aromatic rings. The molecule has 84 valence electrons. The van der Waals surface area contributed by atoms with Crippen molar-refractivity contribution in [2.24, 2.45) is 0 Å². The van der Waals surface area contributed by atoms with E-state index < -0.39 is 0 Å². The van der Waals surface area contributed by atoms with Gasteiger partial charge in [0.1, 0.15) is 0 Å². The number of methoxy groups -OCH3 is 2. The van der Waals surface area contributed by atoms with Gasteiger partial charge in [-0.05, 0) is 13.0 Å². The van der Waals surface area contributed by atoms with Crippen LogP contribution in [0.25, 0.3) is 0 Å². The van der Waals surface area contributed by atoms with Crippen molar-refractivity contribution in [3.05, 3.63) is 29.8 Å². The van der Waals surface area contributed by atoms with E-state index in [1.54, 1.807) is 14.2 Å². The fraction of sp³-hybridized carbons (Fsp3) is 0.500. The molecule has 0 amide bonds. The van der Waals surface area contributed by atoms with Crippen LogP contribution in [0.3, 0.4) is 0 Å². The molecule has 1 atom stereocenters. The van der Waals surface area contributed by atoms with Gasteiger partial charge in [0.2, 0.25) is 0 Å². The number of hydrogen-bond donors (Lipinski definition) is 1. The van der Waals surface area contributed by atoms with Crippen LogP contribution < -0.4 is 5.32 Å². The maximum atomic E-state index is 5.14. The normalized spacial score (nSPS) is 12.5. The summed E-state index contributed by atoms with van der Waals surface area (Å²) in [4.78, 5) is 0. The Labute approximate surface area is 91.4 Å². The molecule has 0 saturated carbocycles. The Hall–Kier alpha value is -1.06. The first kappa shape index (κ1) is 12.0. The lowest BCUT2D eigenvalue weighted by Crippen LogP contribution is -2.21. The number of hydrogen-bond acceptors (Lipinski definition) is 3. The first-order chi connectivity index (χ1) is 7.27. The quantitative estimate of drug-likeness (QED) is 0.779. The molecule has 15 heavy (non-hydrogen) atoms. The van der Waals surface area contributed by atoms with E-state index in [1.807, 2.05) is 12.1 Å². The molecule has 1 aromatic carbocycles. The second kappa shape index (κ2) is 6.43. The molecular formula is C12H19NO2. The molecule has 0 bridgehead atoms. The van der Waals surface area contributed by atoms with Crippen LogP contribution in [0.4, 0.5) is 5.69 Å². The predicted octanol–water partition coefficient (Wildman–Crippen LogP) is 2.28. The van der Waals surface area contributed by atoms with Crippen LogP contribution in [0, 0.1) is 0 Å². The van der Waals surface area contributed by atoms with Gasteiger partial charge in [0.25, 0.3) is 0 Å². The van der Waals surface area contributed by atoms with E-state index in [-0.39, 0.29) is 0 Å². The van der Waals surface area contributed by atoms with Crippen molar-refractivity contribution in [2.75, 3.05) is 26.1 Å². The molecule has 3 nitrogen and oxygen atoms in total. The van der Waals surface area contributed by atoms with Crippen LogP contribution in [0.15, 0.2) is 24.3 Å². The van der Waals surface area contributed by atoms with Gasteiger partial charge in [0.05, 0.1) is 13.2 Å². The molecule has 1 rings (SSSR count). The summed E-state index contributed by atoms with van der Waals surface area (Å²) in [5.74, 6) is 0. The molecule has 0 fully saturated rings. The Morgan fingerprint density at radius 1 is 1.20 bits per heavy atom. The lowest BCUT2D eigenvalue weighted by molar-refractivity contribution is 0.184. The topological polar surface area (TPSA) is 30.5 Å². The SMILES string of the molecule is COCc1ccccc1NC(C)COC. The highest BCUT2D eigenvalue weighted by Gasteiger charge is 2.04. The molecular weight excluding hydrogens is 190 g/mol. The van der Waals surface area contributed by atoms with Gasteiger partial charge < -0.3 is 14.8 Å². The molecule has 0 aliphatic heterocycles. The summed E-state index contributed by atoms with van der Waals surface area (Å²) in [5.41, 5.74) is 2.28. The molecule has 1 N–H and O–H groups in total. The Kier molecular flexibility index (Phi) is 5.15. The molecule has 0 spiro atoms. The highest BCUT2D eigenvalue weighted by Crippen LogP contribution is 2.16. The van der Waals surface area contributed by atoms with Crippen molar-refractivity contribution in [3.8, 4) is 0 Å². The van der Waals surface area contributed by atoms with Crippen LogP contribution in [-0.2, 0) is 16.1 Å². The molecule has 0 aromatic heterocycles. The first-order valence-electron chi connectivity index (χ1n) is 5.10. The van der Waals surface area contributed by atoms with E-state index in [4.69, 9.17) is 9.47 Å². The summed E-state index contributed by atoms with van der Waals surface area (Å²) in [6.45, 7) is 3.41. The lowest BCUT2D eigenvalue weighted by atomic mass is 10.1. The summed E-state index contributed by atoms with van der Waals surface area (Å²) < 4.78 is 10.2. The monoisotopic (exact) mass is 209 g/mol. The van der Waals surface area contributed by atoms with Crippen LogP contribution >= 0.6 is 0 Å². The Morgan fingerprint density at radius 3 is 2.60 bits per heavy atom. The first-order valence-corrected chi connectivity index (χ1v) is 5.10. The van der Waals surface area contributed by atoms with Gasteiger partial charge in [0.15, 0.2) is 0 Å². The van der Waals surface area contributed by atoms with Gasteiger partial charge in [-0.15, -0.1) is 0 Å². The minimum atomic E-state index is 0.299. The van der Waals surface area contributed by atoms with E-state index in [2.05, 4.69) is 24.4 Å². The number of ether oxygens (including phenoxy) is 2. The lowest BCUT2D eigenvalue weighted by Gasteiger charge is -2.17. The summed E-state index contributed by atoms with van der Waals surface area (Å²) in [7, 11) is 3.41. The third-order valence-corrected chi connectivity index (χ3v) is 2.14. The third kappa shape index (κ3) is 3.90. The van der Waals surface area contributed by atoms with Gasteiger partial charge in [-0.1, -0.05) is 18.2 Å². The van der Waals surface area contributed by atoms with Crippen LogP contribution in [0.5, 0.6) is 0 Å². The highest BCUT2D eigenvalue weighted by molar-refractivity contribution is 5.51. The van der Waals surface area contributed by atoms with Gasteiger partial charge in [-0.2, -0.15) is 0 Å². The number of rotatable bonds is 6. The van der Waals surface area contributed by atoms with E-state index in [9.17, 15) is 0 Å². The number of benzene rings is 1. The average Bonchev–Trinajstić information content (AvgIpc) is 2.21. The largest absolute Gasteiger partial charge is 0.383 e. The number of nitrogens with one attached hydrogen (secondary N) is 1. The van der Waals surface area contributed by atoms with Gasteiger partial charge in [-0.3, -0.25) is 0 Å². The van der Waals surface area contributed by atoms with E-state index in [1.165, 1.54) is 5.56 Å². The maximum absolute atomic E-state index is 5.14. The second-order valence-corrected chi connectivity index (χ2v) is 3.59. The standard InChI is InChI=1S/C12H19NO2/c1-10(8-14-2)13-12-7-5-4-6-11(12)9-15-3/h4-7,10,13H,8-9H2,1-3H3. The fourth-order valence-corrected chi connectivity index (χ4v) is 1.50. The highest BCUT2D eigenvalue weighted by atomic mass is 16.5. The molecule has 1 unspecified atom stereocenters. The van der Waals surface area contributed by atoms with Gasteiger partial charge in [0, 0.05) is 31.5 Å². The minimum Gasteiger partial charge on any atom is -0.383 e. The van der Waals surface area contributed by atoms with Crippen molar-refractivity contribution in [1.82, 2.24) is 0 Å². The van der Waals surface area contributed by atoms with Crippen molar-refractivity contribution in [3.63, 3.8) is 0 Å². The Morgan fingerprint density at radius 2 is 1.93 bits per heavy atom. The van der Waals surface area contributed by atoms with Crippen molar-refractivity contribution >= 4 is 5.69 Å². The van der Waals surface area contributed by atoms with Crippen molar-refractivity contribution < 1.29 is 9.47 Å². The summed E-state index contributed by atoms with van der Waals surface area (Å²) in [5, 5.41) is 3.39. The zero-order valence-electron chi connectivity index (χ0n) is 9.62. The van der Waals surface area contributed by atoms with Crippen LogP contribution in [-0.4, -0.2) is 26.9 Å². The molecule has 3 heteroatoms. The van der Waals surface area contributed by atoms with Gasteiger partial charge in [-0.25, -0.2) is 0 Å². The Bertz CT molecular complexity index is 289. The maximum Gasteiger partial charge on any atom is 0.0733 e. The predicted molar refractivity (Wildman–Crippen MR) is 62.1 cm³/mol. The van der Waals surface area contributed by atoms with E-state index >= 15 is 0 Å². The van der Waals surface area contributed by atoms with Crippen molar-refractivity contribution in [1.29, 1.82) is 0 Å². The minimum absolute atomic E-state index is 0.299. The van der Waals surface area contributed by atoms with E-state index in [0.29, 0.717) is 19.3 Å². The fourth-order valence-electron chi connectivity index (χ4n) is 1.50. The number of para-hydroxylation sites is 1. The number of anilines is 1. The molecule has 0 aliphatic rings. The molecule has 0 aliphatic carbocycles. The van der Waals surface area contributed by atoms with Crippen LogP contribution in [0.2, 0.25) is 0 Å². The van der Waals surface area contributed by atoms with Crippen LogP contribution in [0.1, 0.15) is 12.5 Å². The molecule has 0 radical (unpaired) electrons. The summed E-state index contributed by atoms with van der Waals surface area (Å²) >= 11 is 0.